The van der Waals surface area contributed by atoms with Crippen LogP contribution in [0.1, 0.15) is 38.2 Å². The largest absolute Gasteiger partial charge is 0.494 e. The monoisotopic (exact) mass is 210 g/mol. The van der Waals surface area contributed by atoms with Crippen molar-refractivity contribution in [3.63, 3.8) is 0 Å². The van der Waals surface area contributed by atoms with Crippen LogP contribution in [0, 0.1) is 0 Å². The first-order chi connectivity index (χ1) is 7.27. The highest BCUT2D eigenvalue weighted by Gasteiger charge is 2.05. The van der Waals surface area contributed by atoms with Crippen LogP contribution in [0.5, 0.6) is 5.75 Å². The molecule has 0 aliphatic carbocycles. The molecule has 1 aromatic rings. The Morgan fingerprint density at radius 3 is 2.87 bits per heavy atom. The lowest BCUT2D eigenvalue weighted by Gasteiger charge is -2.10. The maximum absolute atomic E-state index is 12.5. The summed E-state index contributed by atoms with van der Waals surface area (Å²) in [6, 6.07) is 7.71. The standard InChI is InChI=1S/C13H19FO/c1-3-4-8-15-13-7-5-6-12(9-13)11(2)10-14/h5-7,9,11H,3-4,8,10H2,1-2H3. The first-order valence-corrected chi connectivity index (χ1v) is 5.56. The van der Waals surface area contributed by atoms with Crippen molar-refractivity contribution >= 4 is 0 Å². The van der Waals surface area contributed by atoms with Crippen molar-refractivity contribution in [2.45, 2.75) is 32.6 Å². The second kappa shape index (κ2) is 6.44. The molecule has 0 heterocycles. The maximum atomic E-state index is 12.5. The number of hydrogen-bond acceptors (Lipinski definition) is 1. The van der Waals surface area contributed by atoms with Gasteiger partial charge in [0.05, 0.1) is 13.3 Å². The van der Waals surface area contributed by atoms with E-state index in [-0.39, 0.29) is 12.6 Å². The Morgan fingerprint density at radius 2 is 2.20 bits per heavy atom. The molecule has 0 N–H and O–H groups in total. The number of halogens is 1. The summed E-state index contributed by atoms with van der Waals surface area (Å²) in [6.07, 6.45) is 2.18. The highest BCUT2D eigenvalue weighted by Crippen LogP contribution is 2.21. The first-order valence-electron chi connectivity index (χ1n) is 5.56. The third-order valence-corrected chi connectivity index (χ3v) is 2.43. The van der Waals surface area contributed by atoms with Gasteiger partial charge < -0.3 is 4.74 Å². The smallest absolute Gasteiger partial charge is 0.119 e. The molecule has 1 nitrogen and oxygen atoms in total. The normalized spacial score (nSPS) is 12.5. The van der Waals surface area contributed by atoms with Gasteiger partial charge >= 0.3 is 0 Å². The van der Waals surface area contributed by atoms with Crippen LogP contribution in [0.4, 0.5) is 4.39 Å². The summed E-state index contributed by atoms with van der Waals surface area (Å²) in [5.41, 5.74) is 1.01. The van der Waals surface area contributed by atoms with Crippen molar-refractivity contribution in [3.05, 3.63) is 29.8 Å². The van der Waals surface area contributed by atoms with E-state index >= 15 is 0 Å². The molecule has 0 aliphatic heterocycles. The van der Waals surface area contributed by atoms with Gasteiger partial charge in [0.1, 0.15) is 5.75 Å². The Balaban J connectivity index is 2.57. The zero-order chi connectivity index (χ0) is 11.1. The molecular weight excluding hydrogens is 191 g/mol. The van der Waals surface area contributed by atoms with E-state index in [0.717, 1.165) is 30.8 Å². The lowest BCUT2D eigenvalue weighted by Crippen LogP contribution is -1.99. The van der Waals surface area contributed by atoms with Crippen molar-refractivity contribution in [1.29, 1.82) is 0 Å². The van der Waals surface area contributed by atoms with Crippen molar-refractivity contribution in [2.24, 2.45) is 0 Å². The second-order valence-corrected chi connectivity index (χ2v) is 3.83. The van der Waals surface area contributed by atoms with Crippen LogP contribution in [0.25, 0.3) is 0 Å². The van der Waals surface area contributed by atoms with Crippen molar-refractivity contribution < 1.29 is 9.13 Å². The van der Waals surface area contributed by atoms with Gasteiger partial charge in [0.2, 0.25) is 0 Å². The van der Waals surface area contributed by atoms with Crippen LogP contribution >= 0.6 is 0 Å². The number of rotatable bonds is 6. The Labute approximate surface area is 91.3 Å². The van der Waals surface area contributed by atoms with Gasteiger partial charge in [0.25, 0.3) is 0 Å². The average Bonchev–Trinajstić information content (AvgIpc) is 2.29. The van der Waals surface area contributed by atoms with Crippen molar-refractivity contribution in [2.75, 3.05) is 13.3 Å². The quantitative estimate of drug-likeness (QED) is 0.646. The number of hydrogen-bond donors (Lipinski definition) is 0. The molecule has 1 unspecified atom stereocenters. The summed E-state index contributed by atoms with van der Waals surface area (Å²) in [5.74, 6) is 0.806. The molecule has 0 aromatic heterocycles. The molecule has 0 saturated heterocycles. The fraction of sp³-hybridized carbons (Fsp3) is 0.538. The third kappa shape index (κ3) is 3.90. The average molecular weight is 210 g/mol. The highest BCUT2D eigenvalue weighted by atomic mass is 19.1. The molecule has 0 fully saturated rings. The lowest BCUT2D eigenvalue weighted by atomic mass is 10.0. The van der Waals surface area contributed by atoms with E-state index in [1.807, 2.05) is 31.2 Å². The topological polar surface area (TPSA) is 9.23 Å². The van der Waals surface area contributed by atoms with Crippen molar-refractivity contribution in [3.8, 4) is 5.75 Å². The predicted molar refractivity (Wildman–Crippen MR) is 61.2 cm³/mol. The van der Waals surface area contributed by atoms with E-state index in [2.05, 4.69) is 6.92 Å². The van der Waals surface area contributed by atoms with Gasteiger partial charge in [-0.2, -0.15) is 0 Å². The van der Waals surface area contributed by atoms with E-state index < -0.39 is 0 Å². The van der Waals surface area contributed by atoms with E-state index in [0.29, 0.717) is 0 Å². The van der Waals surface area contributed by atoms with Gasteiger partial charge in [-0.1, -0.05) is 32.4 Å². The summed E-state index contributed by atoms with van der Waals surface area (Å²) in [4.78, 5) is 0. The summed E-state index contributed by atoms with van der Waals surface area (Å²) in [5, 5.41) is 0. The van der Waals surface area contributed by atoms with Crippen LogP contribution in [-0.4, -0.2) is 13.3 Å². The highest BCUT2D eigenvalue weighted by molar-refractivity contribution is 5.30. The Kier molecular flexibility index (Phi) is 5.16. The second-order valence-electron chi connectivity index (χ2n) is 3.83. The van der Waals surface area contributed by atoms with Crippen LogP contribution < -0.4 is 4.74 Å². The van der Waals surface area contributed by atoms with Gasteiger partial charge in [-0.3, -0.25) is 4.39 Å². The molecular formula is C13H19FO. The van der Waals surface area contributed by atoms with Gasteiger partial charge in [0, 0.05) is 5.92 Å². The molecule has 0 aliphatic rings. The molecule has 1 rings (SSSR count). The van der Waals surface area contributed by atoms with Gasteiger partial charge in [-0.15, -0.1) is 0 Å². The molecule has 0 spiro atoms. The minimum Gasteiger partial charge on any atom is -0.494 e. The lowest BCUT2D eigenvalue weighted by molar-refractivity contribution is 0.308. The summed E-state index contributed by atoms with van der Waals surface area (Å²) in [6.45, 7) is 4.43. The number of ether oxygens (including phenoxy) is 1. The fourth-order valence-electron chi connectivity index (χ4n) is 1.33. The Hall–Kier alpha value is -1.05. The number of benzene rings is 1. The Morgan fingerprint density at radius 1 is 1.40 bits per heavy atom. The molecule has 0 amide bonds. The van der Waals surface area contributed by atoms with E-state index in [1.165, 1.54) is 0 Å². The minimum atomic E-state index is -0.321. The molecule has 0 bridgehead atoms. The van der Waals surface area contributed by atoms with Gasteiger partial charge in [-0.05, 0) is 24.1 Å². The molecule has 1 aromatic carbocycles. The molecule has 0 radical (unpaired) electrons. The first kappa shape index (κ1) is 12.0. The molecule has 84 valence electrons. The van der Waals surface area contributed by atoms with E-state index in [4.69, 9.17) is 4.74 Å². The minimum absolute atomic E-state index is 0.0419. The van der Waals surface area contributed by atoms with Crippen LogP contribution in [0.3, 0.4) is 0 Å². The van der Waals surface area contributed by atoms with Crippen LogP contribution in [0.2, 0.25) is 0 Å². The zero-order valence-electron chi connectivity index (χ0n) is 9.50. The van der Waals surface area contributed by atoms with Gasteiger partial charge in [0.15, 0.2) is 0 Å². The fourth-order valence-corrected chi connectivity index (χ4v) is 1.33. The third-order valence-electron chi connectivity index (χ3n) is 2.43. The van der Waals surface area contributed by atoms with E-state index in [1.54, 1.807) is 0 Å². The molecule has 1 atom stereocenters. The summed E-state index contributed by atoms with van der Waals surface area (Å²) >= 11 is 0. The maximum Gasteiger partial charge on any atom is 0.119 e. The van der Waals surface area contributed by atoms with Crippen molar-refractivity contribution in [1.82, 2.24) is 0 Å². The Bertz CT molecular complexity index is 286. The molecule has 0 saturated carbocycles. The van der Waals surface area contributed by atoms with Crippen LogP contribution in [0.15, 0.2) is 24.3 Å². The summed E-state index contributed by atoms with van der Waals surface area (Å²) < 4.78 is 18.0. The molecule has 15 heavy (non-hydrogen) atoms. The van der Waals surface area contributed by atoms with Crippen LogP contribution in [-0.2, 0) is 0 Å². The number of unbranched alkanes of at least 4 members (excludes halogenated alkanes) is 1. The van der Waals surface area contributed by atoms with E-state index in [9.17, 15) is 4.39 Å². The SMILES string of the molecule is CCCCOc1cccc(C(C)CF)c1. The zero-order valence-corrected chi connectivity index (χ0v) is 9.50. The molecule has 2 heteroatoms. The van der Waals surface area contributed by atoms with Gasteiger partial charge in [-0.25, -0.2) is 0 Å². The number of alkyl halides is 1. The summed E-state index contributed by atoms with van der Waals surface area (Å²) in [7, 11) is 0. The predicted octanol–water partition coefficient (Wildman–Crippen LogP) is 3.94.